The molecule has 27 heavy (non-hydrogen) atoms. The van der Waals surface area contributed by atoms with Crippen molar-refractivity contribution in [1.29, 1.82) is 0 Å². The Morgan fingerprint density at radius 2 is 1.74 bits per heavy atom. The summed E-state index contributed by atoms with van der Waals surface area (Å²) in [5, 5.41) is 5.61. The molecule has 0 aliphatic heterocycles. The average Bonchev–Trinajstić information content (AvgIpc) is 2.63. The number of esters is 1. The lowest BCUT2D eigenvalue weighted by Gasteiger charge is -2.11. The molecule has 2 amide bonds. The lowest BCUT2D eigenvalue weighted by molar-refractivity contribution is -0.144. The summed E-state index contributed by atoms with van der Waals surface area (Å²) in [7, 11) is 3.47. The highest BCUT2D eigenvalue weighted by Gasteiger charge is 2.10. The van der Waals surface area contributed by atoms with Crippen LogP contribution in [0.1, 0.15) is 38.2 Å². The summed E-state index contributed by atoms with van der Waals surface area (Å²) in [5.41, 5.74) is 1.77. The van der Waals surface area contributed by atoms with Gasteiger partial charge in [0.1, 0.15) is 0 Å². The molecular weight excluding hydrogens is 366 g/mol. The van der Waals surface area contributed by atoms with Gasteiger partial charge in [-0.25, -0.2) is 0 Å². The SMILES string of the molecule is CCCOC(=O)CCC(=O)NC(=S)Nc1ccc(CCC(=O)N(C)C)cc1. The molecule has 0 atom stereocenters. The van der Waals surface area contributed by atoms with Crippen LogP contribution in [0.15, 0.2) is 24.3 Å². The van der Waals surface area contributed by atoms with Gasteiger partial charge in [0.15, 0.2) is 5.11 Å². The van der Waals surface area contributed by atoms with Crippen LogP contribution in [0.4, 0.5) is 5.69 Å². The van der Waals surface area contributed by atoms with Gasteiger partial charge in [0.05, 0.1) is 13.0 Å². The predicted octanol–water partition coefficient (Wildman–Crippen LogP) is 2.25. The lowest BCUT2D eigenvalue weighted by atomic mass is 10.1. The maximum Gasteiger partial charge on any atom is 0.306 e. The van der Waals surface area contributed by atoms with Gasteiger partial charge in [-0.3, -0.25) is 14.4 Å². The van der Waals surface area contributed by atoms with E-state index in [1.807, 2.05) is 31.2 Å². The molecule has 1 aromatic carbocycles. The second kappa shape index (κ2) is 12.0. The fraction of sp³-hybridized carbons (Fsp3) is 0.474. The Morgan fingerprint density at radius 1 is 1.07 bits per heavy atom. The molecule has 0 unspecified atom stereocenters. The van der Waals surface area contributed by atoms with E-state index >= 15 is 0 Å². The van der Waals surface area contributed by atoms with Crippen LogP contribution in [-0.4, -0.2) is 48.5 Å². The van der Waals surface area contributed by atoms with Crippen LogP contribution < -0.4 is 10.6 Å². The molecule has 7 nitrogen and oxygen atoms in total. The lowest BCUT2D eigenvalue weighted by Crippen LogP contribution is -2.34. The molecule has 0 heterocycles. The van der Waals surface area contributed by atoms with Gasteiger partial charge >= 0.3 is 5.97 Å². The second-order valence-corrected chi connectivity index (χ2v) is 6.62. The van der Waals surface area contributed by atoms with E-state index in [2.05, 4.69) is 10.6 Å². The fourth-order valence-corrected chi connectivity index (χ4v) is 2.32. The maximum absolute atomic E-state index is 11.8. The zero-order valence-electron chi connectivity index (χ0n) is 16.0. The number of hydrogen-bond donors (Lipinski definition) is 2. The molecule has 0 saturated carbocycles. The van der Waals surface area contributed by atoms with Crippen molar-refractivity contribution in [3.8, 4) is 0 Å². The number of carbonyl (C=O) groups excluding carboxylic acids is 3. The van der Waals surface area contributed by atoms with E-state index in [0.29, 0.717) is 19.4 Å². The molecular formula is C19H27N3O4S. The van der Waals surface area contributed by atoms with E-state index in [1.54, 1.807) is 19.0 Å². The zero-order valence-corrected chi connectivity index (χ0v) is 16.9. The van der Waals surface area contributed by atoms with E-state index in [0.717, 1.165) is 17.7 Å². The largest absolute Gasteiger partial charge is 0.466 e. The number of hydrogen-bond acceptors (Lipinski definition) is 5. The molecule has 0 spiro atoms. The Balaban J connectivity index is 2.36. The third-order valence-corrected chi connectivity index (χ3v) is 3.82. The van der Waals surface area contributed by atoms with Gasteiger partial charge < -0.3 is 20.3 Å². The van der Waals surface area contributed by atoms with Crippen LogP contribution in [0.3, 0.4) is 0 Å². The maximum atomic E-state index is 11.8. The Kier molecular flexibility index (Phi) is 10.0. The first-order valence-corrected chi connectivity index (χ1v) is 9.28. The molecule has 148 valence electrons. The summed E-state index contributed by atoms with van der Waals surface area (Å²) in [6, 6.07) is 7.46. The fourth-order valence-electron chi connectivity index (χ4n) is 2.08. The molecule has 1 rings (SSSR count). The first-order chi connectivity index (χ1) is 12.8. The standard InChI is InChI=1S/C19H27N3O4S/c1-4-13-26-18(25)12-10-16(23)21-19(27)20-15-8-5-14(6-9-15)7-11-17(24)22(2)3/h5-6,8-9H,4,7,10-13H2,1-3H3,(H2,20,21,23,27). The highest BCUT2D eigenvalue weighted by atomic mass is 32.1. The van der Waals surface area contributed by atoms with Gasteiger partial charge in [0, 0.05) is 32.6 Å². The van der Waals surface area contributed by atoms with Crippen molar-refractivity contribution in [2.24, 2.45) is 0 Å². The molecule has 0 bridgehead atoms. The van der Waals surface area contributed by atoms with Crippen LogP contribution in [0.25, 0.3) is 0 Å². The number of thiocarbonyl (C=S) groups is 1. The van der Waals surface area contributed by atoms with Crippen molar-refractivity contribution in [2.45, 2.75) is 39.0 Å². The van der Waals surface area contributed by atoms with Crippen molar-refractivity contribution in [1.82, 2.24) is 10.2 Å². The van der Waals surface area contributed by atoms with E-state index in [4.69, 9.17) is 17.0 Å². The molecule has 0 saturated heterocycles. The molecule has 0 radical (unpaired) electrons. The van der Waals surface area contributed by atoms with E-state index in [1.165, 1.54) is 0 Å². The number of ether oxygens (including phenoxy) is 1. The summed E-state index contributed by atoms with van der Waals surface area (Å²) >= 11 is 5.10. The van der Waals surface area contributed by atoms with E-state index in [9.17, 15) is 14.4 Å². The Morgan fingerprint density at radius 3 is 2.33 bits per heavy atom. The first kappa shape index (κ1) is 22.6. The highest BCUT2D eigenvalue weighted by molar-refractivity contribution is 7.80. The van der Waals surface area contributed by atoms with Gasteiger partial charge in [0.25, 0.3) is 0 Å². The summed E-state index contributed by atoms with van der Waals surface area (Å²) in [4.78, 5) is 36.3. The zero-order chi connectivity index (χ0) is 20.2. The number of nitrogens with one attached hydrogen (secondary N) is 2. The van der Waals surface area contributed by atoms with Crippen LogP contribution in [-0.2, 0) is 25.5 Å². The monoisotopic (exact) mass is 393 g/mol. The van der Waals surface area contributed by atoms with Gasteiger partial charge in [-0.15, -0.1) is 0 Å². The van der Waals surface area contributed by atoms with Crippen molar-refractivity contribution >= 4 is 40.8 Å². The predicted molar refractivity (Wildman–Crippen MR) is 108 cm³/mol. The molecule has 0 aromatic heterocycles. The number of rotatable bonds is 9. The Hall–Kier alpha value is -2.48. The van der Waals surface area contributed by atoms with Crippen LogP contribution in [0, 0.1) is 0 Å². The van der Waals surface area contributed by atoms with Gasteiger partial charge in [-0.2, -0.15) is 0 Å². The molecule has 8 heteroatoms. The number of nitrogens with zero attached hydrogens (tertiary/aromatic N) is 1. The molecule has 2 N–H and O–H groups in total. The number of carbonyl (C=O) groups is 3. The second-order valence-electron chi connectivity index (χ2n) is 6.21. The van der Waals surface area contributed by atoms with Gasteiger partial charge in [0.2, 0.25) is 11.8 Å². The minimum absolute atomic E-state index is 0.0171. The third-order valence-electron chi connectivity index (χ3n) is 3.61. The summed E-state index contributed by atoms with van der Waals surface area (Å²) < 4.78 is 4.91. The topological polar surface area (TPSA) is 87.7 Å². The van der Waals surface area contributed by atoms with Crippen molar-refractivity contribution in [2.75, 3.05) is 26.0 Å². The third kappa shape index (κ3) is 9.69. The Bertz CT molecular complexity index is 659. The van der Waals surface area contributed by atoms with Gasteiger partial charge in [-0.05, 0) is 42.8 Å². The number of amides is 2. The molecule has 1 aromatic rings. The van der Waals surface area contributed by atoms with Gasteiger partial charge in [-0.1, -0.05) is 19.1 Å². The van der Waals surface area contributed by atoms with Crippen molar-refractivity contribution in [3.63, 3.8) is 0 Å². The number of anilines is 1. The van der Waals surface area contributed by atoms with Crippen LogP contribution in [0.2, 0.25) is 0 Å². The normalized spacial score (nSPS) is 10.0. The van der Waals surface area contributed by atoms with Crippen molar-refractivity contribution < 1.29 is 19.1 Å². The quantitative estimate of drug-likeness (QED) is 0.494. The number of benzene rings is 1. The van der Waals surface area contributed by atoms with E-state index in [-0.39, 0.29) is 29.8 Å². The highest BCUT2D eigenvalue weighted by Crippen LogP contribution is 2.11. The summed E-state index contributed by atoms with van der Waals surface area (Å²) in [6.07, 6.45) is 1.90. The molecule has 0 aliphatic rings. The van der Waals surface area contributed by atoms with Crippen LogP contribution in [0.5, 0.6) is 0 Å². The van der Waals surface area contributed by atoms with E-state index < -0.39 is 5.97 Å². The molecule has 0 fully saturated rings. The van der Waals surface area contributed by atoms with Crippen molar-refractivity contribution in [3.05, 3.63) is 29.8 Å². The Labute approximate surface area is 165 Å². The number of aryl methyl sites for hydroxylation is 1. The average molecular weight is 394 g/mol. The molecule has 0 aliphatic carbocycles. The first-order valence-electron chi connectivity index (χ1n) is 8.87. The summed E-state index contributed by atoms with van der Waals surface area (Å²) in [5.74, 6) is -0.659. The van der Waals surface area contributed by atoms with Crippen LogP contribution >= 0.6 is 12.2 Å². The minimum Gasteiger partial charge on any atom is -0.466 e. The smallest absolute Gasteiger partial charge is 0.306 e. The summed E-state index contributed by atoms with van der Waals surface area (Å²) in [6.45, 7) is 2.26. The minimum atomic E-state index is -0.394.